The number of benzene rings is 3. The van der Waals surface area contributed by atoms with E-state index in [-0.39, 0.29) is 13.0 Å². The van der Waals surface area contributed by atoms with E-state index in [4.69, 9.17) is 26.5 Å². The molecular weight excluding hydrogens is 431 g/mol. The van der Waals surface area contributed by atoms with Gasteiger partial charge in [0, 0.05) is 22.6 Å². The molecule has 3 aromatic carbocycles. The number of aliphatic carboxylic acids is 1. The van der Waals surface area contributed by atoms with E-state index < -0.39 is 11.8 Å². The zero-order valence-corrected chi connectivity index (χ0v) is 17.8. The van der Waals surface area contributed by atoms with Crippen LogP contribution in [-0.4, -0.2) is 27.5 Å². The maximum Gasteiger partial charge on any atom is 0.303 e. The van der Waals surface area contributed by atoms with Crippen molar-refractivity contribution < 1.29 is 19.0 Å². The van der Waals surface area contributed by atoms with Crippen LogP contribution in [0.2, 0.25) is 5.02 Å². The standard InChI is InChI=1S/C25H20ClFN2O3/c26-21-10-5-4-9-19(21)23-16-22(28-29(23)18-7-2-1-3-8-18)20-15-17(27)12-13-24(20)32-14-6-11-25(30)31/h1-5,7-10,12-13,15-16H,6,11,14H2,(H,30,31). The summed E-state index contributed by atoms with van der Waals surface area (Å²) in [7, 11) is 0. The number of hydrogen-bond acceptors (Lipinski definition) is 3. The number of ether oxygens (including phenoxy) is 1. The van der Waals surface area contributed by atoms with Crippen LogP contribution in [0.15, 0.2) is 78.9 Å². The zero-order valence-electron chi connectivity index (χ0n) is 17.0. The van der Waals surface area contributed by atoms with E-state index in [1.54, 1.807) is 10.7 Å². The normalized spacial score (nSPS) is 10.8. The lowest BCUT2D eigenvalue weighted by atomic mass is 10.1. The number of halogens is 2. The third-order valence-corrected chi connectivity index (χ3v) is 5.20. The fraction of sp³-hybridized carbons (Fsp3) is 0.120. The van der Waals surface area contributed by atoms with Gasteiger partial charge in [-0.25, -0.2) is 9.07 Å². The van der Waals surface area contributed by atoms with Crippen LogP contribution < -0.4 is 4.74 Å². The first-order chi connectivity index (χ1) is 15.5. The Kier molecular flexibility index (Phi) is 6.52. The molecule has 0 aliphatic carbocycles. The van der Waals surface area contributed by atoms with Crippen molar-refractivity contribution in [3.8, 4) is 34.0 Å². The fourth-order valence-electron chi connectivity index (χ4n) is 3.37. The Labute approximate surface area is 189 Å². The first-order valence-corrected chi connectivity index (χ1v) is 10.5. The summed E-state index contributed by atoms with van der Waals surface area (Å²) in [6, 6.07) is 23.1. The number of rotatable bonds is 8. The van der Waals surface area contributed by atoms with E-state index in [2.05, 4.69) is 0 Å². The lowest BCUT2D eigenvalue weighted by Crippen LogP contribution is -2.03. The van der Waals surface area contributed by atoms with Crippen molar-refractivity contribution in [1.82, 2.24) is 9.78 Å². The number of nitrogens with zero attached hydrogens (tertiary/aromatic N) is 2. The molecule has 4 aromatic rings. The van der Waals surface area contributed by atoms with Gasteiger partial charge in [-0.05, 0) is 48.9 Å². The predicted molar refractivity (Wildman–Crippen MR) is 122 cm³/mol. The quantitative estimate of drug-likeness (QED) is 0.322. The SMILES string of the molecule is O=C(O)CCCOc1ccc(F)cc1-c1cc(-c2ccccc2Cl)n(-c2ccccc2)n1. The summed E-state index contributed by atoms with van der Waals surface area (Å²) in [5.41, 5.74) is 3.35. The molecule has 1 aromatic heterocycles. The summed E-state index contributed by atoms with van der Waals surface area (Å²) in [6.45, 7) is 0.196. The number of para-hydroxylation sites is 1. The maximum absolute atomic E-state index is 14.2. The number of hydrogen-bond donors (Lipinski definition) is 1. The topological polar surface area (TPSA) is 64.3 Å². The molecule has 0 aliphatic rings. The molecule has 0 aliphatic heterocycles. The highest BCUT2D eigenvalue weighted by molar-refractivity contribution is 6.33. The van der Waals surface area contributed by atoms with E-state index in [0.717, 1.165) is 16.9 Å². The summed E-state index contributed by atoms with van der Waals surface area (Å²) in [4.78, 5) is 10.8. The van der Waals surface area contributed by atoms with Crippen LogP contribution in [0.5, 0.6) is 5.75 Å². The van der Waals surface area contributed by atoms with Gasteiger partial charge in [-0.15, -0.1) is 0 Å². The van der Waals surface area contributed by atoms with E-state index in [1.165, 1.54) is 18.2 Å². The van der Waals surface area contributed by atoms with Crippen LogP contribution in [0.3, 0.4) is 0 Å². The van der Waals surface area contributed by atoms with Crippen LogP contribution in [0.25, 0.3) is 28.2 Å². The molecule has 0 amide bonds. The Bertz CT molecular complexity index is 1240. The van der Waals surface area contributed by atoms with Crippen molar-refractivity contribution in [3.63, 3.8) is 0 Å². The Morgan fingerprint density at radius 1 is 1.00 bits per heavy atom. The minimum atomic E-state index is -0.890. The van der Waals surface area contributed by atoms with Gasteiger partial charge in [0.05, 0.1) is 23.7 Å². The Balaban J connectivity index is 1.79. The Morgan fingerprint density at radius 3 is 2.50 bits per heavy atom. The Hall–Kier alpha value is -3.64. The molecule has 5 nitrogen and oxygen atoms in total. The monoisotopic (exact) mass is 450 g/mol. The average molecular weight is 451 g/mol. The van der Waals surface area contributed by atoms with Crippen LogP contribution >= 0.6 is 11.6 Å². The van der Waals surface area contributed by atoms with E-state index in [1.807, 2.05) is 54.6 Å². The van der Waals surface area contributed by atoms with Crippen molar-refractivity contribution in [2.75, 3.05) is 6.61 Å². The number of aromatic nitrogens is 2. The van der Waals surface area contributed by atoms with Crippen molar-refractivity contribution in [3.05, 3.63) is 89.7 Å². The highest BCUT2D eigenvalue weighted by Crippen LogP contribution is 2.36. The van der Waals surface area contributed by atoms with E-state index in [0.29, 0.717) is 28.5 Å². The second-order valence-electron chi connectivity index (χ2n) is 7.13. The molecular formula is C25H20ClFN2O3. The van der Waals surface area contributed by atoms with Gasteiger partial charge >= 0.3 is 5.97 Å². The minimum absolute atomic E-state index is 0.00415. The lowest BCUT2D eigenvalue weighted by Gasteiger charge is -2.10. The lowest BCUT2D eigenvalue weighted by molar-refractivity contribution is -0.137. The molecule has 0 bridgehead atoms. The van der Waals surface area contributed by atoms with Crippen molar-refractivity contribution in [2.24, 2.45) is 0 Å². The third kappa shape index (κ3) is 4.81. The van der Waals surface area contributed by atoms with Gasteiger partial charge in [0.1, 0.15) is 11.6 Å². The second-order valence-corrected chi connectivity index (χ2v) is 7.54. The van der Waals surface area contributed by atoms with Gasteiger partial charge in [-0.2, -0.15) is 5.10 Å². The van der Waals surface area contributed by atoms with Gasteiger partial charge < -0.3 is 9.84 Å². The first-order valence-electron chi connectivity index (χ1n) is 10.1. The molecule has 0 saturated heterocycles. The molecule has 4 rings (SSSR count). The van der Waals surface area contributed by atoms with Gasteiger partial charge in [0.25, 0.3) is 0 Å². The predicted octanol–water partition coefficient (Wildman–Crippen LogP) is 6.24. The molecule has 0 spiro atoms. The molecule has 1 heterocycles. The summed E-state index contributed by atoms with van der Waals surface area (Å²) >= 11 is 6.47. The molecule has 0 fully saturated rings. The number of carbonyl (C=O) groups is 1. The minimum Gasteiger partial charge on any atom is -0.493 e. The Morgan fingerprint density at radius 2 is 1.75 bits per heavy atom. The fourth-order valence-corrected chi connectivity index (χ4v) is 3.61. The van der Waals surface area contributed by atoms with Gasteiger partial charge in [0.15, 0.2) is 0 Å². The number of carboxylic acids is 1. The molecule has 1 N–H and O–H groups in total. The van der Waals surface area contributed by atoms with Gasteiger partial charge in [0.2, 0.25) is 0 Å². The largest absolute Gasteiger partial charge is 0.493 e. The highest BCUT2D eigenvalue weighted by Gasteiger charge is 2.18. The van der Waals surface area contributed by atoms with Crippen molar-refractivity contribution in [1.29, 1.82) is 0 Å². The van der Waals surface area contributed by atoms with E-state index >= 15 is 0 Å². The molecule has 0 saturated carbocycles. The van der Waals surface area contributed by atoms with Crippen molar-refractivity contribution >= 4 is 17.6 Å². The summed E-state index contributed by atoms with van der Waals surface area (Å²) in [5, 5.41) is 14.1. The summed E-state index contributed by atoms with van der Waals surface area (Å²) < 4.78 is 21.7. The average Bonchev–Trinajstić information content (AvgIpc) is 3.23. The highest BCUT2D eigenvalue weighted by atomic mass is 35.5. The molecule has 0 unspecified atom stereocenters. The third-order valence-electron chi connectivity index (χ3n) is 4.87. The van der Waals surface area contributed by atoms with E-state index in [9.17, 15) is 9.18 Å². The number of carboxylic acid groups (broad SMARTS) is 1. The van der Waals surface area contributed by atoms with Gasteiger partial charge in [-0.1, -0.05) is 48.0 Å². The van der Waals surface area contributed by atoms with Crippen LogP contribution in [0.1, 0.15) is 12.8 Å². The van der Waals surface area contributed by atoms with Crippen LogP contribution in [-0.2, 0) is 4.79 Å². The zero-order chi connectivity index (χ0) is 22.5. The molecule has 0 atom stereocenters. The molecule has 32 heavy (non-hydrogen) atoms. The molecule has 162 valence electrons. The molecule has 7 heteroatoms. The van der Waals surface area contributed by atoms with Crippen LogP contribution in [0.4, 0.5) is 4.39 Å². The maximum atomic E-state index is 14.2. The smallest absolute Gasteiger partial charge is 0.303 e. The van der Waals surface area contributed by atoms with Gasteiger partial charge in [-0.3, -0.25) is 4.79 Å². The van der Waals surface area contributed by atoms with Crippen LogP contribution in [0, 0.1) is 5.82 Å². The summed E-state index contributed by atoms with van der Waals surface area (Å²) in [6.07, 6.45) is 0.339. The second kappa shape index (κ2) is 9.66. The van der Waals surface area contributed by atoms with Crippen molar-refractivity contribution in [2.45, 2.75) is 12.8 Å². The molecule has 0 radical (unpaired) electrons. The first kappa shape index (κ1) is 21.6. The summed E-state index contributed by atoms with van der Waals surface area (Å²) in [5.74, 6) is -0.884.